The van der Waals surface area contributed by atoms with Gasteiger partial charge in [-0.1, -0.05) is 0 Å². The number of ether oxygens (including phenoxy) is 1. The third-order valence-electron chi connectivity index (χ3n) is 4.35. The first-order chi connectivity index (χ1) is 14.1. The van der Waals surface area contributed by atoms with E-state index in [4.69, 9.17) is 4.74 Å². The fourth-order valence-corrected chi connectivity index (χ4v) is 4.61. The van der Waals surface area contributed by atoms with E-state index in [1.54, 1.807) is 30.3 Å². The molecule has 0 fully saturated rings. The molecule has 29 heavy (non-hydrogen) atoms. The van der Waals surface area contributed by atoms with E-state index in [0.717, 1.165) is 11.7 Å². The van der Waals surface area contributed by atoms with E-state index in [1.807, 2.05) is 18.2 Å². The molecule has 150 valence electrons. The summed E-state index contributed by atoms with van der Waals surface area (Å²) in [5.41, 5.74) is -0.516. The summed E-state index contributed by atoms with van der Waals surface area (Å²) in [4.78, 5) is 39.5. The van der Waals surface area contributed by atoms with Crippen molar-refractivity contribution in [3.05, 3.63) is 98.3 Å². The van der Waals surface area contributed by atoms with Crippen LogP contribution in [0.5, 0.6) is 0 Å². The third-order valence-corrected chi connectivity index (χ3v) is 6.65. The van der Waals surface area contributed by atoms with Crippen LogP contribution in [0.2, 0.25) is 5.32 Å². The van der Waals surface area contributed by atoms with Crippen LogP contribution in [0.25, 0.3) is 0 Å². The Morgan fingerprint density at radius 2 is 1.69 bits per heavy atom. The van der Waals surface area contributed by atoms with Crippen LogP contribution in [-0.2, 0) is 11.5 Å². The molecule has 1 aromatic heterocycles. The minimum atomic E-state index is -0.645. The van der Waals surface area contributed by atoms with Gasteiger partial charge in [-0.25, -0.2) is 0 Å². The number of H-pyrrole nitrogens is 1. The van der Waals surface area contributed by atoms with Gasteiger partial charge in [0, 0.05) is 0 Å². The number of benzene rings is 2. The molecule has 3 rings (SSSR count). The van der Waals surface area contributed by atoms with Crippen LogP contribution in [0.15, 0.2) is 70.3 Å². The molecule has 0 aliphatic heterocycles. The predicted molar refractivity (Wildman–Crippen MR) is 113 cm³/mol. The van der Waals surface area contributed by atoms with Gasteiger partial charge in [0.2, 0.25) is 0 Å². The SMILES string of the molecule is Cc1c(C(=O)c2ccccc2)n(COCCC[Se]c2ccccc2)c(=O)[nH]c1=O. The molecule has 0 saturated carbocycles. The van der Waals surface area contributed by atoms with Crippen molar-refractivity contribution < 1.29 is 9.53 Å². The number of nitrogens with zero attached hydrogens (tertiary/aromatic N) is 1. The second-order valence-corrected chi connectivity index (χ2v) is 8.86. The molecule has 3 aromatic rings. The van der Waals surface area contributed by atoms with Gasteiger partial charge in [-0.3, -0.25) is 0 Å². The van der Waals surface area contributed by atoms with Gasteiger partial charge in [-0.15, -0.1) is 0 Å². The Balaban J connectivity index is 1.67. The molecule has 0 unspecified atom stereocenters. The molecule has 1 heterocycles. The van der Waals surface area contributed by atoms with Crippen molar-refractivity contribution in [1.82, 2.24) is 9.55 Å². The van der Waals surface area contributed by atoms with Gasteiger partial charge < -0.3 is 0 Å². The topological polar surface area (TPSA) is 81.2 Å². The normalized spacial score (nSPS) is 10.8. The second-order valence-electron chi connectivity index (χ2n) is 6.41. The molecular weight excluding hydrogens is 435 g/mol. The second kappa shape index (κ2) is 10.2. The van der Waals surface area contributed by atoms with Crippen molar-refractivity contribution in [3.63, 3.8) is 0 Å². The summed E-state index contributed by atoms with van der Waals surface area (Å²) in [5, 5.41) is 1.02. The Kier molecular flexibility index (Phi) is 7.36. The van der Waals surface area contributed by atoms with E-state index in [-0.39, 0.29) is 23.8 Å². The van der Waals surface area contributed by atoms with E-state index in [9.17, 15) is 14.4 Å². The van der Waals surface area contributed by atoms with Crippen LogP contribution in [0.4, 0.5) is 0 Å². The fraction of sp³-hybridized carbons (Fsp3) is 0.227. The monoisotopic (exact) mass is 458 g/mol. The molecule has 0 saturated heterocycles. The van der Waals surface area contributed by atoms with E-state index in [2.05, 4.69) is 17.1 Å². The van der Waals surface area contributed by atoms with E-state index in [1.165, 1.54) is 16.0 Å². The molecule has 6 nitrogen and oxygen atoms in total. The first kappa shape index (κ1) is 21.0. The summed E-state index contributed by atoms with van der Waals surface area (Å²) < 4.78 is 8.20. The van der Waals surface area contributed by atoms with Crippen molar-refractivity contribution in [1.29, 1.82) is 0 Å². The number of rotatable bonds is 9. The van der Waals surface area contributed by atoms with Gasteiger partial charge in [-0.05, 0) is 0 Å². The number of carbonyl (C=O) groups excluding carboxylic acids is 1. The van der Waals surface area contributed by atoms with Gasteiger partial charge in [0.15, 0.2) is 0 Å². The van der Waals surface area contributed by atoms with Gasteiger partial charge in [0.25, 0.3) is 0 Å². The maximum absolute atomic E-state index is 12.9. The van der Waals surface area contributed by atoms with Crippen LogP contribution in [0, 0.1) is 6.92 Å². The fourth-order valence-electron chi connectivity index (χ4n) is 2.84. The molecule has 7 heteroatoms. The van der Waals surface area contributed by atoms with Gasteiger partial charge in [0.1, 0.15) is 0 Å². The molecule has 0 bridgehead atoms. The first-order valence-corrected chi connectivity index (χ1v) is 11.3. The summed E-state index contributed by atoms with van der Waals surface area (Å²) in [6.45, 7) is 1.92. The number of hydrogen-bond acceptors (Lipinski definition) is 4. The van der Waals surface area contributed by atoms with Crippen molar-refractivity contribution in [2.75, 3.05) is 6.61 Å². The van der Waals surface area contributed by atoms with E-state index in [0.29, 0.717) is 27.1 Å². The quantitative estimate of drug-likeness (QED) is 0.302. The van der Waals surface area contributed by atoms with E-state index >= 15 is 0 Å². The molecule has 0 aliphatic rings. The van der Waals surface area contributed by atoms with Crippen molar-refractivity contribution in [2.24, 2.45) is 0 Å². The van der Waals surface area contributed by atoms with Crippen LogP contribution in [0.1, 0.15) is 28.0 Å². The molecule has 0 amide bonds. The molecule has 0 radical (unpaired) electrons. The number of carbonyl (C=O) groups is 1. The van der Waals surface area contributed by atoms with Gasteiger partial charge >= 0.3 is 175 Å². The zero-order chi connectivity index (χ0) is 20.6. The zero-order valence-electron chi connectivity index (χ0n) is 16.1. The van der Waals surface area contributed by atoms with E-state index < -0.39 is 11.2 Å². The maximum atomic E-state index is 12.9. The average Bonchev–Trinajstić information content (AvgIpc) is 2.75. The molecule has 0 spiro atoms. The van der Waals surface area contributed by atoms with Gasteiger partial charge in [-0.2, -0.15) is 0 Å². The Labute approximate surface area is 174 Å². The summed E-state index contributed by atoms with van der Waals surface area (Å²) in [6, 6.07) is 18.9. The number of aromatic amines is 1. The molecule has 1 N–H and O–H groups in total. The Morgan fingerprint density at radius 3 is 2.38 bits per heavy atom. The van der Waals surface area contributed by atoms with Crippen LogP contribution < -0.4 is 15.7 Å². The molecule has 0 aliphatic carbocycles. The number of ketones is 1. The molecular formula is C22H22N2O4Se. The summed E-state index contributed by atoms with van der Waals surface area (Å²) in [5.74, 6) is -0.373. The number of hydrogen-bond donors (Lipinski definition) is 1. The van der Waals surface area contributed by atoms with Crippen LogP contribution >= 0.6 is 0 Å². The summed E-state index contributed by atoms with van der Waals surface area (Å²) >= 11 is 0.379. The van der Waals surface area contributed by atoms with Crippen LogP contribution in [-0.4, -0.2) is 36.9 Å². The zero-order valence-corrected chi connectivity index (χ0v) is 17.8. The Hall–Kier alpha value is -2.73. The molecule has 0 atom stereocenters. The van der Waals surface area contributed by atoms with Crippen molar-refractivity contribution in [3.8, 4) is 0 Å². The summed E-state index contributed by atoms with van der Waals surface area (Å²) in [6.07, 6.45) is 0.855. The Bertz CT molecular complexity index is 1080. The number of nitrogens with one attached hydrogen (secondary N) is 1. The average molecular weight is 457 g/mol. The minimum absolute atomic E-state index is 0.0680. The van der Waals surface area contributed by atoms with Crippen LogP contribution in [0.3, 0.4) is 0 Å². The Morgan fingerprint density at radius 1 is 1.03 bits per heavy atom. The van der Waals surface area contributed by atoms with Gasteiger partial charge in [0.05, 0.1) is 0 Å². The predicted octanol–water partition coefficient (Wildman–Crippen LogP) is 1.89. The third kappa shape index (κ3) is 5.41. The summed E-state index contributed by atoms with van der Waals surface area (Å²) in [7, 11) is 0. The first-order valence-electron chi connectivity index (χ1n) is 9.27. The van der Waals surface area contributed by atoms with Crippen molar-refractivity contribution >= 4 is 25.2 Å². The molecule has 2 aromatic carbocycles. The number of aromatic nitrogens is 2. The standard InChI is InChI=1S/C22H22N2O4Se/c1-16-19(20(25)17-9-4-2-5-10-17)24(22(27)23-21(16)26)15-28-13-8-14-29-18-11-6-3-7-12-18/h2-7,9-12H,8,13-15H2,1H3,(H,23,26,27). The van der Waals surface area contributed by atoms with Crippen molar-refractivity contribution in [2.45, 2.75) is 25.4 Å².